The number of rotatable bonds is 9. The van der Waals surface area contributed by atoms with Crippen molar-refractivity contribution in [3.63, 3.8) is 0 Å². The van der Waals surface area contributed by atoms with Crippen molar-refractivity contribution in [3.8, 4) is 0 Å². The average Bonchev–Trinajstić information content (AvgIpc) is 2.36. The summed E-state index contributed by atoms with van der Waals surface area (Å²) in [5.41, 5.74) is 10.9. The molecular formula is C11H20BrN3O4. The largest absolute Gasteiger partial charge is 0.480 e. The molecule has 0 aromatic heterocycles. The topological polar surface area (TPSA) is 136 Å². The van der Waals surface area contributed by atoms with Crippen molar-refractivity contribution >= 4 is 33.6 Å². The third-order valence-corrected chi connectivity index (χ3v) is 3.15. The minimum atomic E-state index is -1.28. The summed E-state index contributed by atoms with van der Waals surface area (Å²) < 4.78 is 0. The number of alkyl halides is 1. The van der Waals surface area contributed by atoms with E-state index in [4.69, 9.17) is 16.6 Å². The number of carbonyl (C=O) groups is 3. The van der Waals surface area contributed by atoms with Gasteiger partial charge < -0.3 is 21.9 Å². The zero-order valence-corrected chi connectivity index (χ0v) is 12.4. The molecule has 0 rings (SSSR count). The number of hydrogen-bond acceptors (Lipinski definition) is 5. The van der Waals surface area contributed by atoms with Crippen LogP contribution in [0.3, 0.4) is 0 Å². The molecular weight excluding hydrogens is 318 g/mol. The molecule has 6 N–H and O–H groups in total. The summed E-state index contributed by atoms with van der Waals surface area (Å²) in [6, 6.07) is -2.07. The van der Waals surface area contributed by atoms with Crippen molar-refractivity contribution in [2.45, 2.75) is 31.8 Å². The zero-order chi connectivity index (χ0) is 15.0. The van der Waals surface area contributed by atoms with E-state index >= 15 is 0 Å². The molecule has 0 aromatic rings. The summed E-state index contributed by atoms with van der Waals surface area (Å²) >= 11 is 2.93. The van der Waals surface area contributed by atoms with Gasteiger partial charge in [-0.15, -0.1) is 0 Å². The molecule has 3 atom stereocenters. The Morgan fingerprint density at radius 2 is 1.95 bits per heavy atom. The number of nitrogens with two attached hydrogens (primary N) is 2. The quantitative estimate of drug-likeness (QED) is 0.407. The first-order valence-electron chi connectivity index (χ1n) is 5.92. The highest BCUT2D eigenvalue weighted by Gasteiger charge is 2.35. The third kappa shape index (κ3) is 6.13. The van der Waals surface area contributed by atoms with Crippen LogP contribution >= 0.6 is 15.9 Å². The molecule has 0 saturated heterocycles. The molecule has 3 unspecified atom stereocenters. The first-order valence-corrected chi connectivity index (χ1v) is 7.04. The van der Waals surface area contributed by atoms with Gasteiger partial charge in [-0.05, 0) is 26.3 Å². The van der Waals surface area contributed by atoms with E-state index < -0.39 is 35.7 Å². The Morgan fingerprint density at radius 1 is 1.37 bits per heavy atom. The fourth-order valence-corrected chi connectivity index (χ4v) is 1.86. The first kappa shape index (κ1) is 18.0. The van der Waals surface area contributed by atoms with Gasteiger partial charge in [0, 0.05) is 0 Å². The summed E-state index contributed by atoms with van der Waals surface area (Å²) in [6.45, 7) is 1.82. The van der Waals surface area contributed by atoms with E-state index in [2.05, 4.69) is 21.2 Å². The van der Waals surface area contributed by atoms with Crippen LogP contribution in [0.15, 0.2) is 0 Å². The highest BCUT2D eigenvalue weighted by atomic mass is 79.9. The van der Waals surface area contributed by atoms with E-state index in [-0.39, 0.29) is 11.8 Å². The van der Waals surface area contributed by atoms with Gasteiger partial charge in [0.25, 0.3) is 0 Å². The van der Waals surface area contributed by atoms with Crippen molar-refractivity contribution in [1.29, 1.82) is 0 Å². The fourth-order valence-electron chi connectivity index (χ4n) is 1.70. The summed E-state index contributed by atoms with van der Waals surface area (Å²) in [5, 5.41) is 11.4. The Balaban J connectivity index is 5.06. The van der Waals surface area contributed by atoms with Crippen LogP contribution in [-0.2, 0) is 14.4 Å². The van der Waals surface area contributed by atoms with Crippen LogP contribution in [0.25, 0.3) is 0 Å². The Labute approximate surface area is 120 Å². The van der Waals surface area contributed by atoms with Crippen molar-refractivity contribution < 1.29 is 19.5 Å². The van der Waals surface area contributed by atoms with Crippen LogP contribution in [0.2, 0.25) is 0 Å². The summed E-state index contributed by atoms with van der Waals surface area (Å²) in [4.78, 5) is 34.5. The number of carbonyl (C=O) groups excluding carboxylic acids is 2. The highest BCUT2D eigenvalue weighted by molar-refractivity contribution is 9.09. The molecule has 110 valence electrons. The number of carboxylic acid groups (broad SMARTS) is 1. The molecule has 0 aliphatic rings. The van der Waals surface area contributed by atoms with Gasteiger partial charge in [0.05, 0.1) is 17.3 Å². The van der Waals surface area contributed by atoms with Gasteiger partial charge in [-0.25, -0.2) is 4.79 Å². The van der Waals surface area contributed by atoms with Crippen LogP contribution in [0.4, 0.5) is 0 Å². The van der Waals surface area contributed by atoms with Gasteiger partial charge in [-0.2, -0.15) is 0 Å². The molecule has 0 heterocycles. The molecule has 0 fully saturated rings. The minimum absolute atomic E-state index is 0.0350. The van der Waals surface area contributed by atoms with E-state index in [1.54, 1.807) is 0 Å². The molecule has 8 heteroatoms. The third-order valence-electron chi connectivity index (χ3n) is 2.64. The number of ketones is 1. The second-order valence-corrected chi connectivity index (χ2v) is 4.81. The van der Waals surface area contributed by atoms with Gasteiger partial charge in [0.2, 0.25) is 5.91 Å². The molecule has 0 aliphatic carbocycles. The number of amides is 1. The monoisotopic (exact) mass is 337 g/mol. The summed E-state index contributed by atoms with van der Waals surface area (Å²) in [5.74, 6) is -3.02. The zero-order valence-electron chi connectivity index (χ0n) is 10.8. The van der Waals surface area contributed by atoms with Crippen LogP contribution in [0.5, 0.6) is 0 Å². The van der Waals surface area contributed by atoms with E-state index in [0.717, 1.165) is 0 Å². The molecule has 0 aliphatic heterocycles. The molecule has 7 nitrogen and oxygen atoms in total. The SMILES string of the molecule is CC(N)C(=O)C(CCCN)C(NC(=O)CBr)C(=O)O. The van der Waals surface area contributed by atoms with Crippen LogP contribution in [-0.4, -0.2) is 46.7 Å². The van der Waals surface area contributed by atoms with Gasteiger partial charge in [-0.3, -0.25) is 9.59 Å². The molecule has 0 radical (unpaired) electrons. The van der Waals surface area contributed by atoms with Crippen molar-refractivity contribution in [2.24, 2.45) is 17.4 Å². The lowest BCUT2D eigenvalue weighted by molar-refractivity contribution is -0.146. The van der Waals surface area contributed by atoms with Crippen molar-refractivity contribution in [3.05, 3.63) is 0 Å². The van der Waals surface area contributed by atoms with E-state index in [0.29, 0.717) is 13.0 Å². The standard InChI is InChI=1S/C11H20BrN3O4/c1-6(14)10(17)7(3-2-4-13)9(11(18)19)15-8(16)5-12/h6-7,9H,2-5,13-14H2,1H3,(H,15,16)(H,18,19). The number of halogens is 1. The van der Waals surface area contributed by atoms with Crippen LogP contribution < -0.4 is 16.8 Å². The highest BCUT2D eigenvalue weighted by Crippen LogP contribution is 2.15. The number of Topliss-reactive ketones (excluding diaryl/α,β-unsaturated/α-hetero) is 1. The maximum atomic E-state index is 12.0. The van der Waals surface area contributed by atoms with E-state index in [1.807, 2.05) is 0 Å². The molecule has 19 heavy (non-hydrogen) atoms. The molecule has 0 saturated carbocycles. The van der Waals surface area contributed by atoms with Gasteiger partial charge in [-0.1, -0.05) is 15.9 Å². The fraction of sp³-hybridized carbons (Fsp3) is 0.727. The smallest absolute Gasteiger partial charge is 0.326 e. The lowest BCUT2D eigenvalue weighted by Crippen LogP contribution is -2.51. The summed E-state index contributed by atoms with van der Waals surface area (Å²) in [7, 11) is 0. The number of carboxylic acids is 1. The lowest BCUT2D eigenvalue weighted by Gasteiger charge is -2.25. The average molecular weight is 338 g/mol. The van der Waals surface area contributed by atoms with Gasteiger partial charge >= 0.3 is 5.97 Å². The predicted molar refractivity (Wildman–Crippen MR) is 73.8 cm³/mol. The number of hydrogen-bond donors (Lipinski definition) is 4. The second-order valence-electron chi connectivity index (χ2n) is 4.25. The van der Waals surface area contributed by atoms with Crippen molar-refractivity contribution in [1.82, 2.24) is 5.32 Å². The first-order chi connectivity index (χ1) is 8.84. The maximum Gasteiger partial charge on any atom is 0.326 e. The maximum absolute atomic E-state index is 12.0. The number of nitrogens with one attached hydrogen (secondary N) is 1. The Hall–Kier alpha value is -0.990. The van der Waals surface area contributed by atoms with Crippen molar-refractivity contribution in [2.75, 3.05) is 11.9 Å². The second kappa shape index (κ2) is 9.00. The molecule has 0 aromatic carbocycles. The Kier molecular flexibility index (Phi) is 8.53. The molecule has 1 amide bonds. The molecule has 0 spiro atoms. The van der Waals surface area contributed by atoms with Gasteiger partial charge in [0.15, 0.2) is 5.78 Å². The normalized spacial score (nSPS) is 15.4. The van der Waals surface area contributed by atoms with E-state index in [1.165, 1.54) is 6.92 Å². The summed E-state index contributed by atoms with van der Waals surface area (Å²) in [6.07, 6.45) is 0.757. The Bertz CT molecular complexity index is 336. The lowest BCUT2D eigenvalue weighted by atomic mass is 9.87. The van der Waals surface area contributed by atoms with Crippen LogP contribution in [0.1, 0.15) is 19.8 Å². The molecule has 0 bridgehead atoms. The van der Waals surface area contributed by atoms with Gasteiger partial charge in [0.1, 0.15) is 6.04 Å². The van der Waals surface area contributed by atoms with Crippen LogP contribution in [0, 0.1) is 5.92 Å². The Morgan fingerprint density at radius 3 is 2.32 bits per heavy atom. The number of aliphatic carboxylic acids is 1. The van der Waals surface area contributed by atoms with E-state index in [9.17, 15) is 14.4 Å². The minimum Gasteiger partial charge on any atom is -0.480 e. The predicted octanol–water partition coefficient (Wildman–Crippen LogP) is -0.778.